The fraction of sp³-hybridized carbons (Fsp3) is 0.600. The summed E-state index contributed by atoms with van der Waals surface area (Å²) in [6.45, 7) is 5.27. The van der Waals surface area contributed by atoms with Crippen LogP contribution in [0.3, 0.4) is 0 Å². The predicted octanol–water partition coefficient (Wildman–Crippen LogP) is 2.81. The maximum atomic E-state index is 13.8. The number of ether oxygens (including phenoxy) is 2. The largest absolute Gasteiger partial charge is 0.490 e. The average molecular weight is 282 g/mol. The van der Waals surface area contributed by atoms with E-state index < -0.39 is 5.82 Å². The summed E-state index contributed by atoms with van der Waals surface area (Å²) in [6.07, 6.45) is 1.92. The molecule has 112 valence electrons. The van der Waals surface area contributed by atoms with E-state index >= 15 is 0 Å². The Morgan fingerprint density at radius 2 is 2.25 bits per heavy atom. The average Bonchev–Trinajstić information content (AvgIpc) is 2.83. The molecule has 0 amide bonds. The van der Waals surface area contributed by atoms with Crippen LogP contribution in [0.1, 0.15) is 26.7 Å². The van der Waals surface area contributed by atoms with Gasteiger partial charge in [-0.2, -0.15) is 0 Å². The van der Waals surface area contributed by atoms with Gasteiger partial charge in [-0.1, -0.05) is 6.92 Å². The van der Waals surface area contributed by atoms with E-state index in [0.717, 1.165) is 25.1 Å². The van der Waals surface area contributed by atoms with Crippen LogP contribution in [0.25, 0.3) is 0 Å². The molecule has 0 bridgehead atoms. The number of benzene rings is 1. The lowest BCUT2D eigenvalue weighted by Gasteiger charge is -2.30. The lowest BCUT2D eigenvalue weighted by atomic mass is 10.1. The molecule has 2 atom stereocenters. The molecule has 5 heteroatoms. The normalized spacial score (nSPS) is 22.0. The summed E-state index contributed by atoms with van der Waals surface area (Å²) in [6, 6.07) is 3.27. The highest BCUT2D eigenvalue weighted by molar-refractivity contribution is 5.70. The van der Waals surface area contributed by atoms with Crippen LogP contribution in [-0.4, -0.2) is 32.4 Å². The molecule has 1 fully saturated rings. The van der Waals surface area contributed by atoms with E-state index in [1.54, 1.807) is 6.07 Å². The van der Waals surface area contributed by atoms with Crippen LogP contribution in [0.5, 0.6) is 5.75 Å². The molecule has 20 heavy (non-hydrogen) atoms. The molecule has 1 heterocycles. The molecule has 1 aromatic carbocycles. The van der Waals surface area contributed by atoms with Gasteiger partial charge in [-0.25, -0.2) is 4.39 Å². The fourth-order valence-corrected chi connectivity index (χ4v) is 2.59. The summed E-state index contributed by atoms with van der Waals surface area (Å²) >= 11 is 0. The molecule has 0 radical (unpaired) electrons. The van der Waals surface area contributed by atoms with Crippen molar-refractivity contribution in [1.29, 1.82) is 0 Å². The van der Waals surface area contributed by atoms with Gasteiger partial charge in [0.2, 0.25) is 0 Å². The maximum absolute atomic E-state index is 13.8. The first-order valence-electron chi connectivity index (χ1n) is 7.10. The summed E-state index contributed by atoms with van der Waals surface area (Å²) < 4.78 is 24.8. The molecule has 0 saturated carbocycles. The minimum absolute atomic E-state index is 0.143. The van der Waals surface area contributed by atoms with Gasteiger partial charge in [-0.05, 0) is 19.8 Å². The lowest BCUT2D eigenvalue weighted by molar-refractivity contribution is 0.118. The number of anilines is 2. The first kappa shape index (κ1) is 14.9. The highest BCUT2D eigenvalue weighted by Gasteiger charge is 2.29. The number of nitrogens with zero attached hydrogens (tertiary/aromatic N) is 1. The van der Waals surface area contributed by atoms with Crippen LogP contribution in [-0.2, 0) is 4.74 Å². The standard InChI is InChI=1S/C15H23FN2O2/c1-4-6-20-15-9-14(12(17)8-11(15)16)18(3)13-5-7-19-10(13)2/h8-10,13H,4-7,17H2,1-3H3. The summed E-state index contributed by atoms with van der Waals surface area (Å²) in [5.41, 5.74) is 7.17. The molecule has 2 N–H and O–H groups in total. The van der Waals surface area contributed by atoms with E-state index in [-0.39, 0.29) is 17.9 Å². The minimum Gasteiger partial charge on any atom is -0.490 e. The number of likely N-dealkylation sites (N-methyl/N-ethyl adjacent to an activating group) is 1. The van der Waals surface area contributed by atoms with Gasteiger partial charge in [0, 0.05) is 25.8 Å². The number of halogens is 1. The van der Waals surface area contributed by atoms with Gasteiger partial charge in [0.25, 0.3) is 0 Å². The van der Waals surface area contributed by atoms with E-state index in [0.29, 0.717) is 12.3 Å². The zero-order valence-corrected chi connectivity index (χ0v) is 12.4. The van der Waals surface area contributed by atoms with E-state index in [2.05, 4.69) is 4.90 Å². The van der Waals surface area contributed by atoms with Crippen molar-refractivity contribution in [2.45, 2.75) is 38.8 Å². The van der Waals surface area contributed by atoms with Gasteiger partial charge in [0.1, 0.15) is 0 Å². The predicted molar refractivity (Wildman–Crippen MR) is 78.8 cm³/mol. The lowest BCUT2D eigenvalue weighted by Crippen LogP contribution is -2.37. The Hall–Kier alpha value is -1.49. The van der Waals surface area contributed by atoms with Crippen molar-refractivity contribution in [3.05, 3.63) is 17.9 Å². The van der Waals surface area contributed by atoms with E-state index in [9.17, 15) is 4.39 Å². The van der Waals surface area contributed by atoms with Crippen molar-refractivity contribution >= 4 is 11.4 Å². The Bertz CT molecular complexity index is 467. The molecular weight excluding hydrogens is 259 g/mol. The first-order valence-corrected chi connectivity index (χ1v) is 7.10. The molecule has 1 aliphatic heterocycles. The number of nitrogens with two attached hydrogens (primary N) is 1. The van der Waals surface area contributed by atoms with Crippen molar-refractivity contribution in [3.8, 4) is 5.75 Å². The topological polar surface area (TPSA) is 47.7 Å². The fourth-order valence-electron chi connectivity index (χ4n) is 2.59. The van der Waals surface area contributed by atoms with Gasteiger partial charge >= 0.3 is 0 Å². The molecule has 0 aromatic heterocycles. The van der Waals surface area contributed by atoms with Gasteiger partial charge in [0.05, 0.1) is 30.1 Å². The van der Waals surface area contributed by atoms with Crippen molar-refractivity contribution in [1.82, 2.24) is 0 Å². The molecule has 2 unspecified atom stereocenters. The van der Waals surface area contributed by atoms with Crippen LogP contribution < -0.4 is 15.4 Å². The quantitative estimate of drug-likeness (QED) is 0.844. The van der Waals surface area contributed by atoms with Gasteiger partial charge in [-0.3, -0.25) is 0 Å². The highest BCUT2D eigenvalue weighted by Crippen LogP contribution is 2.34. The Morgan fingerprint density at radius 1 is 1.50 bits per heavy atom. The summed E-state index contributed by atoms with van der Waals surface area (Å²) in [4.78, 5) is 2.06. The van der Waals surface area contributed by atoms with Crippen molar-refractivity contribution in [3.63, 3.8) is 0 Å². The van der Waals surface area contributed by atoms with Crippen molar-refractivity contribution in [2.75, 3.05) is 30.9 Å². The molecule has 1 saturated heterocycles. The van der Waals surface area contributed by atoms with E-state index in [4.69, 9.17) is 15.2 Å². The second-order valence-corrected chi connectivity index (χ2v) is 5.23. The number of hydrogen-bond donors (Lipinski definition) is 1. The zero-order chi connectivity index (χ0) is 14.7. The van der Waals surface area contributed by atoms with E-state index in [1.807, 2.05) is 20.9 Å². The highest BCUT2D eigenvalue weighted by atomic mass is 19.1. The Morgan fingerprint density at radius 3 is 2.85 bits per heavy atom. The number of nitrogen functional groups attached to an aromatic ring is 1. The first-order chi connectivity index (χ1) is 9.54. The molecule has 1 aromatic rings. The van der Waals surface area contributed by atoms with Gasteiger partial charge in [0.15, 0.2) is 11.6 Å². The van der Waals surface area contributed by atoms with Crippen molar-refractivity contribution < 1.29 is 13.9 Å². The minimum atomic E-state index is -0.413. The third-order valence-electron chi connectivity index (χ3n) is 3.76. The van der Waals surface area contributed by atoms with Gasteiger partial charge < -0.3 is 20.1 Å². The molecule has 0 spiro atoms. The van der Waals surface area contributed by atoms with Crippen LogP contribution in [0, 0.1) is 5.82 Å². The zero-order valence-electron chi connectivity index (χ0n) is 12.4. The SMILES string of the molecule is CCCOc1cc(N(C)C2CCOC2C)c(N)cc1F. The van der Waals surface area contributed by atoms with Crippen LogP contribution >= 0.6 is 0 Å². The van der Waals surface area contributed by atoms with E-state index in [1.165, 1.54) is 6.07 Å². The molecule has 0 aliphatic carbocycles. The number of rotatable bonds is 5. The number of hydrogen-bond acceptors (Lipinski definition) is 4. The molecule has 2 rings (SSSR count). The Labute approximate surface area is 119 Å². The maximum Gasteiger partial charge on any atom is 0.167 e. The van der Waals surface area contributed by atoms with Crippen LogP contribution in [0.4, 0.5) is 15.8 Å². The molecule has 4 nitrogen and oxygen atoms in total. The van der Waals surface area contributed by atoms with Gasteiger partial charge in [-0.15, -0.1) is 0 Å². The second-order valence-electron chi connectivity index (χ2n) is 5.23. The monoisotopic (exact) mass is 282 g/mol. The van der Waals surface area contributed by atoms with Crippen LogP contribution in [0.15, 0.2) is 12.1 Å². The van der Waals surface area contributed by atoms with Crippen LogP contribution in [0.2, 0.25) is 0 Å². The Balaban J connectivity index is 2.25. The molecular formula is C15H23FN2O2. The van der Waals surface area contributed by atoms with Crippen molar-refractivity contribution in [2.24, 2.45) is 0 Å². The summed E-state index contributed by atoms with van der Waals surface area (Å²) in [5, 5.41) is 0. The summed E-state index contributed by atoms with van der Waals surface area (Å²) in [7, 11) is 1.96. The third-order valence-corrected chi connectivity index (χ3v) is 3.76. The third kappa shape index (κ3) is 2.98. The second kappa shape index (κ2) is 6.31. The smallest absolute Gasteiger partial charge is 0.167 e. The Kier molecular flexibility index (Phi) is 4.70. The molecule has 1 aliphatic rings. The summed E-state index contributed by atoms with van der Waals surface area (Å²) in [5.74, 6) is -0.154.